The van der Waals surface area contributed by atoms with Gasteiger partial charge < -0.3 is 14.4 Å². The molecule has 3 rings (SSSR count). The number of amides is 1. The molecule has 32 heavy (non-hydrogen) atoms. The summed E-state index contributed by atoms with van der Waals surface area (Å²) in [5, 5.41) is 0.750. The molecule has 0 aliphatic carbocycles. The van der Waals surface area contributed by atoms with Crippen molar-refractivity contribution in [3.63, 3.8) is 0 Å². The molecule has 0 spiro atoms. The predicted molar refractivity (Wildman–Crippen MR) is 123 cm³/mol. The van der Waals surface area contributed by atoms with Crippen LogP contribution >= 0.6 is 0 Å². The van der Waals surface area contributed by atoms with E-state index in [1.165, 1.54) is 11.7 Å². The van der Waals surface area contributed by atoms with Crippen molar-refractivity contribution in [2.24, 2.45) is 0 Å². The fourth-order valence-electron chi connectivity index (χ4n) is 3.45. The van der Waals surface area contributed by atoms with E-state index in [2.05, 4.69) is 0 Å². The van der Waals surface area contributed by atoms with Gasteiger partial charge in [-0.3, -0.25) is 9.59 Å². The van der Waals surface area contributed by atoms with Crippen molar-refractivity contribution in [1.82, 2.24) is 4.57 Å². The highest BCUT2D eigenvalue weighted by atomic mass is 16.6. The van der Waals surface area contributed by atoms with E-state index < -0.39 is 11.7 Å². The minimum absolute atomic E-state index is 0.0769. The van der Waals surface area contributed by atoms with Gasteiger partial charge >= 0.3 is 12.1 Å². The molecule has 0 fully saturated rings. The van der Waals surface area contributed by atoms with Gasteiger partial charge in [-0.15, -0.1) is 0 Å². The van der Waals surface area contributed by atoms with Gasteiger partial charge in [0, 0.05) is 28.9 Å². The van der Waals surface area contributed by atoms with Crippen molar-refractivity contribution in [3.8, 4) is 0 Å². The van der Waals surface area contributed by atoms with E-state index in [4.69, 9.17) is 9.47 Å². The molecule has 7 nitrogen and oxygen atoms in total. The second-order valence-corrected chi connectivity index (χ2v) is 8.49. The number of fused-ring (bicyclic) bond motifs is 1. The number of benzene rings is 2. The second-order valence-electron chi connectivity index (χ2n) is 8.49. The highest BCUT2D eigenvalue weighted by Gasteiger charge is 2.23. The molecule has 0 radical (unpaired) electrons. The van der Waals surface area contributed by atoms with Crippen LogP contribution < -0.4 is 4.90 Å². The largest absolute Gasteiger partial charge is 0.469 e. The molecular weight excluding hydrogens is 408 g/mol. The summed E-state index contributed by atoms with van der Waals surface area (Å²) in [7, 11) is 1.32. The summed E-state index contributed by atoms with van der Waals surface area (Å²) in [5.41, 5.74) is 1.89. The maximum atomic E-state index is 13.4. The van der Waals surface area contributed by atoms with Gasteiger partial charge in [-0.25, -0.2) is 9.36 Å². The first-order chi connectivity index (χ1) is 15.1. The average molecular weight is 437 g/mol. The first-order valence-corrected chi connectivity index (χ1v) is 10.4. The van der Waals surface area contributed by atoms with Crippen molar-refractivity contribution in [3.05, 3.63) is 65.9 Å². The molecule has 0 bridgehead atoms. The Labute approximate surface area is 187 Å². The van der Waals surface area contributed by atoms with Gasteiger partial charge in [-0.05, 0) is 64.1 Å². The zero-order valence-electron chi connectivity index (χ0n) is 19.0. The Morgan fingerprint density at radius 2 is 1.69 bits per heavy atom. The number of para-hydroxylation sites is 1. The SMILES string of the molecule is COC(=O)CCN(C(=O)c1ccc2c(c1)cc(C)n2C(=O)OC(C)(C)C)c1ccccc1. The lowest BCUT2D eigenvalue weighted by Crippen LogP contribution is -2.33. The third-order valence-corrected chi connectivity index (χ3v) is 4.89. The molecule has 2 aromatic carbocycles. The van der Waals surface area contributed by atoms with Crippen LogP contribution in [0.5, 0.6) is 0 Å². The standard InChI is InChI=1S/C25H28N2O5/c1-17-15-19-16-18(11-12-21(19)27(17)24(30)32-25(2,3)4)23(29)26(14-13-22(28)31-5)20-9-7-6-8-10-20/h6-12,15-16H,13-14H2,1-5H3. The fraction of sp³-hybridized carbons (Fsp3) is 0.320. The van der Waals surface area contributed by atoms with E-state index in [0.717, 1.165) is 5.39 Å². The normalized spacial score (nSPS) is 11.3. The highest BCUT2D eigenvalue weighted by Crippen LogP contribution is 2.25. The number of carbonyl (C=O) groups excluding carboxylic acids is 3. The highest BCUT2D eigenvalue weighted by molar-refractivity contribution is 6.08. The average Bonchev–Trinajstić information content (AvgIpc) is 3.08. The number of aromatic nitrogens is 1. The van der Waals surface area contributed by atoms with Crippen molar-refractivity contribution in [2.75, 3.05) is 18.6 Å². The molecule has 1 amide bonds. The van der Waals surface area contributed by atoms with E-state index in [1.807, 2.05) is 64.1 Å². The molecule has 1 aromatic heterocycles. The molecule has 0 unspecified atom stereocenters. The maximum absolute atomic E-state index is 13.4. The molecule has 0 atom stereocenters. The Morgan fingerprint density at radius 1 is 1.00 bits per heavy atom. The van der Waals surface area contributed by atoms with Crippen molar-refractivity contribution < 1.29 is 23.9 Å². The Hall–Kier alpha value is -3.61. The van der Waals surface area contributed by atoms with Crippen LogP contribution in [0.15, 0.2) is 54.6 Å². The van der Waals surface area contributed by atoms with Crippen LogP contribution in [0, 0.1) is 6.92 Å². The van der Waals surface area contributed by atoms with Crippen LogP contribution in [0.4, 0.5) is 10.5 Å². The second kappa shape index (κ2) is 9.26. The van der Waals surface area contributed by atoms with E-state index in [9.17, 15) is 14.4 Å². The zero-order chi connectivity index (χ0) is 23.5. The molecule has 0 N–H and O–H groups in total. The molecular formula is C25H28N2O5. The zero-order valence-corrected chi connectivity index (χ0v) is 19.0. The number of hydrogen-bond donors (Lipinski definition) is 0. The van der Waals surface area contributed by atoms with Crippen LogP contribution in [0.2, 0.25) is 0 Å². The van der Waals surface area contributed by atoms with Crippen molar-refractivity contribution in [1.29, 1.82) is 0 Å². The van der Waals surface area contributed by atoms with Crippen LogP contribution in [0.25, 0.3) is 10.9 Å². The summed E-state index contributed by atoms with van der Waals surface area (Å²) in [5.74, 6) is -0.635. The summed E-state index contributed by atoms with van der Waals surface area (Å²) < 4.78 is 11.7. The first-order valence-electron chi connectivity index (χ1n) is 10.4. The molecule has 1 heterocycles. The van der Waals surface area contributed by atoms with Crippen LogP contribution in [0.3, 0.4) is 0 Å². The van der Waals surface area contributed by atoms with E-state index in [1.54, 1.807) is 23.1 Å². The molecule has 7 heteroatoms. The third kappa shape index (κ3) is 5.17. The minimum Gasteiger partial charge on any atom is -0.469 e. The lowest BCUT2D eigenvalue weighted by atomic mass is 10.1. The van der Waals surface area contributed by atoms with Gasteiger partial charge in [0.15, 0.2) is 0 Å². The van der Waals surface area contributed by atoms with Crippen LogP contribution in [-0.4, -0.2) is 41.8 Å². The van der Waals surface area contributed by atoms with E-state index >= 15 is 0 Å². The first kappa shape index (κ1) is 23.1. The number of aryl methyl sites for hydroxylation is 1. The number of esters is 1. The van der Waals surface area contributed by atoms with Crippen molar-refractivity contribution >= 4 is 34.6 Å². The number of ether oxygens (including phenoxy) is 2. The number of rotatable bonds is 5. The Balaban J connectivity index is 1.95. The quantitative estimate of drug-likeness (QED) is 0.529. The van der Waals surface area contributed by atoms with Gasteiger partial charge in [0.1, 0.15) is 5.60 Å². The number of hydrogen-bond acceptors (Lipinski definition) is 5. The monoisotopic (exact) mass is 436 g/mol. The minimum atomic E-state index is -0.619. The summed E-state index contributed by atoms with van der Waals surface area (Å²) in [6.45, 7) is 7.45. The fourth-order valence-corrected chi connectivity index (χ4v) is 3.45. The molecule has 0 aliphatic rings. The summed E-state index contributed by atoms with van der Waals surface area (Å²) in [6.07, 6.45) is -0.388. The van der Waals surface area contributed by atoms with Crippen LogP contribution in [-0.2, 0) is 14.3 Å². The summed E-state index contributed by atoms with van der Waals surface area (Å²) >= 11 is 0. The smallest absolute Gasteiger partial charge is 0.419 e. The number of methoxy groups -OCH3 is 1. The van der Waals surface area contributed by atoms with E-state index in [0.29, 0.717) is 22.5 Å². The molecule has 168 valence electrons. The molecule has 3 aromatic rings. The van der Waals surface area contributed by atoms with Crippen molar-refractivity contribution in [2.45, 2.75) is 39.7 Å². The lowest BCUT2D eigenvalue weighted by molar-refractivity contribution is -0.140. The maximum Gasteiger partial charge on any atom is 0.419 e. The van der Waals surface area contributed by atoms with Crippen LogP contribution in [0.1, 0.15) is 43.2 Å². The molecule has 0 saturated carbocycles. The van der Waals surface area contributed by atoms with Gasteiger partial charge in [-0.2, -0.15) is 0 Å². The predicted octanol–water partition coefficient (Wildman–Crippen LogP) is 4.94. The Morgan fingerprint density at radius 3 is 2.31 bits per heavy atom. The van der Waals surface area contributed by atoms with Gasteiger partial charge in [0.25, 0.3) is 5.91 Å². The number of anilines is 1. The van der Waals surface area contributed by atoms with Gasteiger partial charge in [-0.1, -0.05) is 18.2 Å². The Bertz CT molecular complexity index is 1140. The number of nitrogens with zero attached hydrogens (tertiary/aromatic N) is 2. The molecule has 0 aliphatic heterocycles. The lowest BCUT2D eigenvalue weighted by Gasteiger charge is -2.23. The topological polar surface area (TPSA) is 77.8 Å². The summed E-state index contributed by atoms with van der Waals surface area (Å²) in [6, 6.07) is 16.2. The molecule has 0 saturated heterocycles. The Kier molecular flexibility index (Phi) is 6.67. The number of carbonyl (C=O) groups is 3. The third-order valence-electron chi connectivity index (χ3n) is 4.89. The summed E-state index contributed by atoms with van der Waals surface area (Å²) in [4.78, 5) is 39.3. The van der Waals surface area contributed by atoms with E-state index in [-0.39, 0.29) is 24.8 Å². The van der Waals surface area contributed by atoms with Gasteiger partial charge in [0.2, 0.25) is 0 Å². The van der Waals surface area contributed by atoms with Gasteiger partial charge in [0.05, 0.1) is 19.0 Å².